The Kier molecular flexibility index (Phi) is 7.17. The number of halogens is 4. The van der Waals surface area contributed by atoms with Crippen molar-refractivity contribution in [2.24, 2.45) is 0 Å². The zero-order valence-corrected chi connectivity index (χ0v) is 17.3. The average molecular weight is 457 g/mol. The fraction of sp³-hybridized carbons (Fsp3) is 0.476. The lowest BCUT2D eigenvalue weighted by atomic mass is 10.1. The Morgan fingerprint density at radius 3 is 2.69 bits per heavy atom. The van der Waals surface area contributed by atoms with Gasteiger partial charge in [0.25, 0.3) is 5.91 Å². The van der Waals surface area contributed by atoms with Crippen LogP contribution in [-0.4, -0.2) is 60.4 Å². The Morgan fingerprint density at radius 1 is 1.28 bits per heavy atom. The number of anilines is 1. The topological polar surface area (TPSA) is 79.0 Å². The molecular weight excluding hydrogens is 434 g/mol. The second-order valence-electron chi connectivity index (χ2n) is 7.58. The second kappa shape index (κ2) is 9.68. The van der Waals surface area contributed by atoms with E-state index in [2.05, 4.69) is 10.2 Å². The second-order valence-corrected chi connectivity index (χ2v) is 7.58. The summed E-state index contributed by atoms with van der Waals surface area (Å²) in [5.41, 5.74) is 1.88. The lowest BCUT2D eigenvalue weighted by Gasteiger charge is -2.24. The van der Waals surface area contributed by atoms with Gasteiger partial charge in [0.15, 0.2) is 0 Å². The molecular formula is C21H23F4N3O4. The number of para-hydroxylation sites is 1. The van der Waals surface area contributed by atoms with Gasteiger partial charge in [-0.05, 0) is 24.5 Å². The number of carbonyl (C=O) groups excluding carboxylic acids is 3. The molecule has 0 spiro atoms. The molecule has 7 nitrogen and oxygen atoms in total. The molecule has 0 bridgehead atoms. The summed E-state index contributed by atoms with van der Waals surface area (Å²) in [5, 5.41) is 2.97. The maximum absolute atomic E-state index is 13.7. The van der Waals surface area contributed by atoms with Crippen molar-refractivity contribution >= 4 is 23.5 Å². The molecule has 0 unspecified atom stereocenters. The molecule has 1 N–H and O–H groups in total. The first-order valence-electron chi connectivity index (χ1n) is 10.2. The molecule has 0 radical (unpaired) electrons. The van der Waals surface area contributed by atoms with E-state index in [-0.39, 0.29) is 5.91 Å². The van der Waals surface area contributed by atoms with E-state index < -0.39 is 49.3 Å². The van der Waals surface area contributed by atoms with Crippen LogP contribution in [0.4, 0.5) is 23.2 Å². The van der Waals surface area contributed by atoms with Crippen LogP contribution >= 0.6 is 0 Å². The molecule has 3 rings (SSSR count). The van der Waals surface area contributed by atoms with Crippen molar-refractivity contribution in [3.63, 3.8) is 0 Å². The van der Waals surface area contributed by atoms with Crippen molar-refractivity contribution < 1.29 is 36.8 Å². The van der Waals surface area contributed by atoms with Gasteiger partial charge in [0.2, 0.25) is 5.91 Å². The van der Waals surface area contributed by atoms with Gasteiger partial charge >= 0.3 is 12.1 Å². The third-order valence-electron chi connectivity index (χ3n) is 5.33. The van der Waals surface area contributed by atoms with Crippen molar-refractivity contribution in [2.45, 2.75) is 50.6 Å². The smallest absolute Gasteiger partial charge is 0.360 e. The Hall–Kier alpha value is -2.95. The van der Waals surface area contributed by atoms with Crippen molar-refractivity contribution in [1.29, 1.82) is 0 Å². The van der Waals surface area contributed by atoms with Gasteiger partial charge < -0.3 is 15.1 Å². The van der Waals surface area contributed by atoms with Crippen LogP contribution < -0.4 is 10.2 Å². The summed E-state index contributed by atoms with van der Waals surface area (Å²) >= 11 is 0. The number of rotatable bonds is 6. The number of nitrogens with zero attached hydrogens (tertiary/aromatic N) is 2. The lowest BCUT2D eigenvalue weighted by molar-refractivity contribution is -0.240. The van der Waals surface area contributed by atoms with Crippen LogP contribution in [0.15, 0.2) is 36.4 Å². The summed E-state index contributed by atoms with van der Waals surface area (Å²) in [4.78, 5) is 42.0. The maximum atomic E-state index is 13.7. The van der Waals surface area contributed by atoms with Gasteiger partial charge in [-0.15, -0.1) is 5.06 Å². The summed E-state index contributed by atoms with van der Waals surface area (Å²) in [6.45, 7) is 1.63. The van der Waals surface area contributed by atoms with E-state index in [0.29, 0.717) is 18.0 Å². The van der Waals surface area contributed by atoms with E-state index in [1.165, 1.54) is 12.2 Å². The van der Waals surface area contributed by atoms with Crippen molar-refractivity contribution in [1.82, 2.24) is 10.4 Å². The summed E-state index contributed by atoms with van der Waals surface area (Å²) < 4.78 is 51.1. The fourth-order valence-corrected chi connectivity index (χ4v) is 3.67. The van der Waals surface area contributed by atoms with E-state index in [4.69, 9.17) is 0 Å². The van der Waals surface area contributed by atoms with Gasteiger partial charge in [-0.1, -0.05) is 31.2 Å². The van der Waals surface area contributed by atoms with Crippen LogP contribution in [0.3, 0.4) is 0 Å². The molecule has 2 amide bonds. The van der Waals surface area contributed by atoms with Crippen molar-refractivity contribution in [2.75, 3.05) is 18.0 Å². The molecule has 32 heavy (non-hydrogen) atoms. The van der Waals surface area contributed by atoms with Crippen LogP contribution in [0.5, 0.6) is 0 Å². The number of hydrogen-bond acceptors (Lipinski definition) is 5. The molecule has 2 heterocycles. The van der Waals surface area contributed by atoms with Crippen LogP contribution in [0, 0.1) is 0 Å². The summed E-state index contributed by atoms with van der Waals surface area (Å²) in [6.07, 6.45) is -3.39. The third kappa shape index (κ3) is 5.45. The van der Waals surface area contributed by atoms with E-state index in [0.717, 1.165) is 17.7 Å². The van der Waals surface area contributed by atoms with Crippen LogP contribution in [0.2, 0.25) is 0 Å². The normalized spacial score (nSPS) is 22.1. The van der Waals surface area contributed by atoms with Crippen molar-refractivity contribution in [3.8, 4) is 0 Å². The minimum absolute atomic E-state index is 0.270. The molecule has 11 heteroatoms. The van der Waals surface area contributed by atoms with Gasteiger partial charge in [-0.3, -0.25) is 9.59 Å². The molecule has 3 atom stereocenters. The number of hydroxylamine groups is 2. The van der Waals surface area contributed by atoms with E-state index in [9.17, 15) is 31.9 Å². The SMILES string of the molecule is CC[C@@H](/C=C/C(=O)N1CCc2ccccc21)NC(=O)[C@@H]1C[C@H](F)CN1OC(=O)C(F)(F)F. The number of amides is 2. The maximum Gasteiger partial charge on any atom is 0.492 e. The zero-order chi connectivity index (χ0) is 23.5. The van der Waals surface area contributed by atoms with Gasteiger partial charge in [-0.25, -0.2) is 9.18 Å². The largest absolute Gasteiger partial charge is 0.492 e. The van der Waals surface area contributed by atoms with Gasteiger partial charge in [0, 0.05) is 30.8 Å². The molecule has 0 aromatic heterocycles. The first kappa shape index (κ1) is 23.7. The van der Waals surface area contributed by atoms with Gasteiger partial charge in [0.1, 0.15) is 12.2 Å². The third-order valence-corrected chi connectivity index (χ3v) is 5.33. The van der Waals surface area contributed by atoms with Crippen LogP contribution in [0.25, 0.3) is 0 Å². The molecule has 0 saturated carbocycles. The van der Waals surface area contributed by atoms with E-state index >= 15 is 0 Å². The Balaban J connectivity index is 1.61. The van der Waals surface area contributed by atoms with Gasteiger partial charge in [-0.2, -0.15) is 13.2 Å². The monoisotopic (exact) mass is 457 g/mol. The standard InChI is InChI=1S/C21H23F4N3O4/c1-2-15(7-8-18(29)27-10-9-13-5-3-4-6-16(13)27)26-19(30)17-11-14(22)12-28(17)32-20(31)21(23,24)25/h3-8,14-15,17H,2,9-12H2,1H3,(H,26,30)/b8-7+/t14-,15-,17-/m0/s1. The van der Waals surface area contributed by atoms with E-state index in [1.54, 1.807) is 11.8 Å². The summed E-state index contributed by atoms with van der Waals surface area (Å²) in [5.74, 6) is -3.59. The van der Waals surface area contributed by atoms with Crippen LogP contribution in [-0.2, 0) is 25.6 Å². The first-order valence-corrected chi connectivity index (χ1v) is 10.2. The number of hydrogen-bond donors (Lipinski definition) is 1. The predicted octanol–water partition coefficient (Wildman–Crippen LogP) is 2.46. The van der Waals surface area contributed by atoms with Gasteiger partial charge in [0.05, 0.1) is 6.54 Å². The van der Waals surface area contributed by atoms with Crippen molar-refractivity contribution in [3.05, 3.63) is 42.0 Å². The zero-order valence-electron chi connectivity index (χ0n) is 17.3. The molecule has 1 saturated heterocycles. The average Bonchev–Trinajstić information content (AvgIpc) is 3.33. The summed E-state index contributed by atoms with van der Waals surface area (Å²) in [6, 6.07) is 5.49. The molecule has 1 fully saturated rings. The quantitative estimate of drug-likeness (QED) is 0.525. The molecule has 1 aromatic rings. The van der Waals surface area contributed by atoms with Crippen LogP contribution in [0.1, 0.15) is 25.3 Å². The predicted molar refractivity (Wildman–Crippen MR) is 106 cm³/mol. The first-order chi connectivity index (χ1) is 15.1. The molecule has 2 aliphatic heterocycles. The number of nitrogens with one attached hydrogen (secondary N) is 1. The highest BCUT2D eigenvalue weighted by atomic mass is 19.4. The molecule has 0 aliphatic carbocycles. The Bertz CT molecular complexity index is 905. The minimum Gasteiger partial charge on any atom is -0.360 e. The highest BCUT2D eigenvalue weighted by Crippen LogP contribution is 2.28. The Morgan fingerprint density at radius 2 is 2.00 bits per heavy atom. The number of benzene rings is 1. The number of alkyl halides is 4. The fourth-order valence-electron chi connectivity index (χ4n) is 3.67. The van der Waals surface area contributed by atoms with E-state index in [1.807, 2.05) is 24.3 Å². The summed E-state index contributed by atoms with van der Waals surface area (Å²) in [7, 11) is 0. The number of fused-ring (bicyclic) bond motifs is 1. The number of carbonyl (C=O) groups is 3. The molecule has 1 aromatic carbocycles. The minimum atomic E-state index is -5.27. The Labute approximate surface area is 181 Å². The molecule has 174 valence electrons. The lowest BCUT2D eigenvalue weighted by Crippen LogP contribution is -2.48. The highest BCUT2D eigenvalue weighted by molar-refractivity contribution is 6.03. The highest BCUT2D eigenvalue weighted by Gasteiger charge is 2.47. The molecule has 2 aliphatic rings.